The Bertz CT molecular complexity index is 670. The number of anilines is 1. The van der Waals surface area contributed by atoms with Crippen molar-refractivity contribution in [2.75, 3.05) is 5.73 Å². The highest BCUT2D eigenvalue weighted by Crippen LogP contribution is 2.30. The second kappa shape index (κ2) is 5.94. The van der Waals surface area contributed by atoms with Gasteiger partial charge in [-0.05, 0) is 42.2 Å². The van der Waals surface area contributed by atoms with Gasteiger partial charge in [0.1, 0.15) is 11.8 Å². The van der Waals surface area contributed by atoms with Gasteiger partial charge < -0.3 is 5.73 Å². The topological polar surface area (TPSA) is 65.9 Å². The number of hydrogen-bond acceptors (Lipinski definition) is 4. The number of nitrogen functional groups attached to an aromatic ring is 1. The fraction of sp³-hybridized carbons (Fsp3) is 0.294. The van der Waals surface area contributed by atoms with E-state index in [4.69, 9.17) is 11.0 Å². The summed E-state index contributed by atoms with van der Waals surface area (Å²) in [5, 5.41) is 8.95. The van der Waals surface area contributed by atoms with Crippen molar-refractivity contribution in [2.45, 2.75) is 32.0 Å². The molecule has 2 N–H and O–H groups in total. The van der Waals surface area contributed by atoms with Crippen LogP contribution in [0.2, 0.25) is 0 Å². The van der Waals surface area contributed by atoms with Crippen LogP contribution in [-0.4, -0.2) is 15.9 Å². The molecule has 1 aromatic carbocycles. The molecular weight excluding hydrogens is 260 g/mol. The summed E-state index contributed by atoms with van der Waals surface area (Å²) in [5.74, 6) is 0. The van der Waals surface area contributed by atoms with Gasteiger partial charge in [0.25, 0.3) is 0 Å². The van der Waals surface area contributed by atoms with Gasteiger partial charge in [-0.3, -0.25) is 4.90 Å². The summed E-state index contributed by atoms with van der Waals surface area (Å²) in [5.41, 5.74) is 9.66. The maximum absolute atomic E-state index is 8.95. The van der Waals surface area contributed by atoms with Crippen molar-refractivity contribution < 1.29 is 0 Å². The summed E-state index contributed by atoms with van der Waals surface area (Å²) in [4.78, 5) is 6.46. The van der Waals surface area contributed by atoms with Crippen molar-refractivity contribution in [3.63, 3.8) is 0 Å². The first kappa shape index (κ1) is 13.6. The fourth-order valence-electron chi connectivity index (χ4n) is 2.52. The van der Waals surface area contributed by atoms with Crippen LogP contribution in [0.1, 0.15) is 29.7 Å². The molecule has 0 spiro atoms. The first-order valence-electron chi connectivity index (χ1n) is 7.19. The standard InChI is InChI=1S/C17H18N4/c18-10-15-9-13(7-8-20-15)11-21(16-5-6-16)12-14-3-1-2-4-17(14)19/h1-4,7-9,16H,5-6,11-12,19H2. The number of nitrogens with zero attached hydrogens (tertiary/aromatic N) is 3. The molecule has 1 aliphatic rings. The normalized spacial score (nSPS) is 14.1. The van der Waals surface area contributed by atoms with Crippen LogP contribution in [0.3, 0.4) is 0 Å². The SMILES string of the molecule is N#Cc1cc(CN(Cc2ccccc2N)C2CC2)ccn1. The Hall–Kier alpha value is -2.38. The molecule has 0 bridgehead atoms. The Morgan fingerprint density at radius 1 is 1.24 bits per heavy atom. The minimum atomic E-state index is 0.475. The molecule has 4 heteroatoms. The lowest BCUT2D eigenvalue weighted by atomic mass is 10.1. The lowest BCUT2D eigenvalue weighted by molar-refractivity contribution is 0.246. The van der Waals surface area contributed by atoms with Gasteiger partial charge >= 0.3 is 0 Å². The van der Waals surface area contributed by atoms with Crippen LogP contribution in [0.25, 0.3) is 0 Å². The van der Waals surface area contributed by atoms with Crippen molar-refractivity contribution in [3.05, 3.63) is 59.4 Å². The molecular formula is C17H18N4. The van der Waals surface area contributed by atoms with Gasteiger partial charge in [-0.2, -0.15) is 5.26 Å². The molecule has 0 amide bonds. The number of aromatic nitrogens is 1. The average Bonchev–Trinajstić information content (AvgIpc) is 3.34. The highest BCUT2D eigenvalue weighted by Gasteiger charge is 2.29. The van der Waals surface area contributed by atoms with Crippen molar-refractivity contribution in [1.82, 2.24) is 9.88 Å². The zero-order chi connectivity index (χ0) is 14.7. The minimum Gasteiger partial charge on any atom is -0.398 e. The third-order valence-corrected chi connectivity index (χ3v) is 3.82. The van der Waals surface area contributed by atoms with E-state index in [2.05, 4.69) is 22.0 Å². The van der Waals surface area contributed by atoms with Crippen molar-refractivity contribution in [2.24, 2.45) is 0 Å². The Morgan fingerprint density at radius 2 is 2.05 bits per heavy atom. The molecule has 1 aromatic heterocycles. The van der Waals surface area contributed by atoms with E-state index in [1.165, 1.54) is 18.4 Å². The molecule has 0 aliphatic heterocycles. The monoisotopic (exact) mass is 278 g/mol. The van der Waals surface area contributed by atoms with Crippen molar-refractivity contribution in [1.29, 1.82) is 5.26 Å². The van der Waals surface area contributed by atoms with Crippen LogP contribution in [0.4, 0.5) is 5.69 Å². The molecule has 0 unspecified atom stereocenters. The van der Waals surface area contributed by atoms with Crippen LogP contribution in [-0.2, 0) is 13.1 Å². The number of nitrogens with two attached hydrogens (primary N) is 1. The maximum Gasteiger partial charge on any atom is 0.140 e. The van der Waals surface area contributed by atoms with Gasteiger partial charge in [0.15, 0.2) is 0 Å². The van der Waals surface area contributed by atoms with E-state index in [0.29, 0.717) is 11.7 Å². The molecule has 2 aromatic rings. The molecule has 21 heavy (non-hydrogen) atoms. The largest absolute Gasteiger partial charge is 0.398 e. The maximum atomic E-state index is 8.95. The number of para-hydroxylation sites is 1. The predicted octanol–water partition coefficient (Wildman–Crippen LogP) is 2.70. The second-order valence-electron chi connectivity index (χ2n) is 5.50. The van der Waals surface area contributed by atoms with E-state index in [1.54, 1.807) is 6.20 Å². The van der Waals surface area contributed by atoms with Crippen LogP contribution >= 0.6 is 0 Å². The molecule has 3 rings (SSSR count). The van der Waals surface area contributed by atoms with Crippen LogP contribution in [0.15, 0.2) is 42.6 Å². The van der Waals surface area contributed by atoms with E-state index >= 15 is 0 Å². The Kier molecular flexibility index (Phi) is 3.85. The van der Waals surface area contributed by atoms with Gasteiger partial charge in [-0.1, -0.05) is 18.2 Å². The molecule has 106 valence electrons. The van der Waals surface area contributed by atoms with Gasteiger partial charge in [-0.15, -0.1) is 0 Å². The lowest BCUT2D eigenvalue weighted by Gasteiger charge is -2.23. The molecule has 1 saturated carbocycles. The number of rotatable bonds is 5. The molecule has 1 fully saturated rings. The molecule has 0 atom stereocenters. The zero-order valence-corrected chi connectivity index (χ0v) is 11.9. The second-order valence-corrected chi connectivity index (χ2v) is 5.50. The Morgan fingerprint density at radius 3 is 2.76 bits per heavy atom. The molecule has 4 nitrogen and oxygen atoms in total. The molecule has 0 radical (unpaired) electrons. The number of benzene rings is 1. The van der Waals surface area contributed by atoms with E-state index in [1.807, 2.05) is 30.3 Å². The van der Waals surface area contributed by atoms with E-state index in [9.17, 15) is 0 Å². The summed E-state index contributed by atoms with van der Waals surface area (Å²) < 4.78 is 0. The summed E-state index contributed by atoms with van der Waals surface area (Å²) in [7, 11) is 0. The van der Waals surface area contributed by atoms with Gasteiger partial charge in [0, 0.05) is 31.0 Å². The molecule has 1 heterocycles. The van der Waals surface area contributed by atoms with Gasteiger partial charge in [0.05, 0.1) is 0 Å². The quantitative estimate of drug-likeness (QED) is 0.854. The van der Waals surface area contributed by atoms with Crippen molar-refractivity contribution >= 4 is 5.69 Å². The minimum absolute atomic E-state index is 0.475. The number of nitriles is 1. The highest BCUT2D eigenvalue weighted by molar-refractivity contribution is 5.46. The third kappa shape index (κ3) is 3.39. The van der Waals surface area contributed by atoms with E-state index < -0.39 is 0 Å². The number of pyridine rings is 1. The summed E-state index contributed by atoms with van der Waals surface area (Å²) in [6.07, 6.45) is 4.18. The van der Waals surface area contributed by atoms with Gasteiger partial charge in [-0.25, -0.2) is 4.98 Å². The average molecular weight is 278 g/mol. The van der Waals surface area contributed by atoms with E-state index in [0.717, 1.165) is 24.3 Å². The number of hydrogen-bond donors (Lipinski definition) is 1. The Balaban J connectivity index is 1.76. The first-order chi connectivity index (χ1) is 10.3. The fourth-order valence-corrected chi connectivity index (χ4v) is 2.52. The molecule has 1 aliphatic carbocycles. The third-order valence-electron chi connectivity index (χ3n) is 3.82. The highest BCUT2D eigenvalue weighted by atomic mass is 15.2. The van der Waals surface area contributed by atoms with Crippen LogP contribution in [0, 0.1) is 11.3 Å². The molecule has 0 saturated heterocycles. The predicted molar refractivity (Wildman–Crippen MR) is 82.1 cm³/mol. The smallest absolute Gasteiger partial charge is 0.140 e. The zero-order valence-electron chi connectivity index (χ0n) is 11.9. The van der Waals surface area contributed by atoms with E-state index in [-0.39, 0.29) is 0 Å². The van der Waals surface area contributed by atoms with Gasteiger partial charge in [0.2, 0.25) is 0 Å². The van der Waals surface area contributed by atoms with Crippen LogP contribution < -0.4 is 5.73 Å². The summed E-state index contributed by atoms with van der Waals surface area (Å²) in [6, 6.07) is 14.6. The summed E-state index contributed by atoms with van der Waals surface area (Å²) in [6.45, 7) is 1.68. The first-order valence-corrected chi connectivity index (χ1v) is 7.19. The Labute approximate surface area is 124 Å². The lowest BCUT2D eigenvalue weighted by Crippen LogP contribution is -2.25. The van der Waals surface area contributed by atoms with Crippen molar-refractivity contribution in [3.8, 4) is 6.07 Å². The van der Waals surface area contributed by atoms with Crippen LogP contribution in [0.5, 0.6) is 0 Å². The summed E-state index contributed by atoms with van der Waals surface area (Å²) >= 11 is 0.